The number of alkyl halides is 3. The summed E-state index contributed by atoms with van der Waals surface area (Å²) in [6.45, 7) is 3.62. The molecule has 0 amide bonds. The van der Waals surface area contributed by atoms with Crippen LogP contribution in [0.25, 0.3) is 0 Å². The third-order valence-corrected chi connectivity index (χ3v) is 2.85. The van der Waals surface area contributed by atoms with E-state index in [4.69, 9.17) is 0 Å². The zero-order valence-electron chi connectivity index (χ0n) is 10.9. The molecule has 0 saturated heterocycles. The summed E-state index contributed by atoms with van der Waals surface area (Å²) in [7, 11) is 1.94. The molecular weight excluding hydrogens is 239 g/mol. The lowest BCUT2D eigenvalue weighted by molar-refractivity contribution is -0.137. The van der Waals surface area contributed by atoms with Crippen molar-refractivity contribution in [1.29, 1.82) is 0 Å². The third kappa shape index (κ3) is 5.08. The first-order chi connectivity index (χ1) is 8.43. The lowest BCUT2D eigenvalue weighted by atomic mass is 10.1. The molecular formula is C14H20F3N. The van der Waals surface area contributed by atoms with Gasteiger partial charge in [-0.05, 0) is 31.6 Å². The van der Waals surface area contributed by atoms with E-state index in [0.717, 1.165) is 31.9 Å². The highest BCUT2D eigenvalue weighted by atomic mass is 19.4. The maximum absolute atomic E-state index is 12.5. The molecule has 0 unspecified atom stereocenters. The van der Waals surface area contributed by atoms with Crippen LogP contribution in [0.15, 0.2) is 24.3 Å². The summed E-state index contributed by atoms with van der Waals surface area (Å²) in [6.07, 6.45) is -0.854. The number of nitrogens with zero attached hydrogens (tertiary/aromatic N) is 1. The van der Waals surface area contributed by atoms with Crippen molar-refractivity contribution in [2.45, 2.75) is 38.9 Å². The van der Waals surface area contributed by atoms with Crippen LogP contribution in [0.4, 0.5) is 13.2 Å². The molecule has 1 aromatic rings. The van der Waals surface area contributed by atoms with Gasteiger partial charge in [-0.2, -0.15) is 13.2 Å². The summed E-state index contributed by atoms with van der Waals surface area (Å²) < 4.78 is 37.6. The van der Waals surface area contributed by atoms with Crippen molar-refractivity contribution in [3.05, 3.63) is 35.4 Å². The van der Waals surface area contributed by atoms with Crippen LogP contribution in [0.3, 0.4) is 0 Å². The van der Waals surface area contributed by atoms with Gasteiger partial charge in [0.15, 0.2) is 0 Å². The predicted octanol–water partition coefficient (Wildman–Crippen LogP) is 4.33. The normalized spacial score (nSPS) is 12.1. The van der Waals surface area contributed by atoms with Crippen molar-refractivity contribution in [2.75, 3.05) is 13.6 Å². The number of hydrogen-bond acceptors (Lipinski definition) is 1. The first kappa shape index (κ1) is 15.0. The molecule has 0 fully saturated rings. The fourth-order valence-electron chi connectivity index (χ4n) is 1.87. The molecule has 0 aromatic heterocycles. The summed E-state index contributed by atoms with van der Waals surface area (Å²) in [5.74, 6) is 0. The monoisotopic (exact) mass is 259 g/mol. The molecule has 1 rings (SSSR count). The van der Waals surface area contributed by atoms with Gasteiger partial charge in [-0.3, -0.25) is 0 Å². The van der Waals surface area contributed by atoms with Crippen molar-refractivity contribution in [3.8, 4) is 0 Å². The van der Waals surface area contributed by atoms with Crippen LogP contribution in [0.2, 0.25) is 0 Å². The Bertz CT molecular complexity index is 360. The van der Waals surface area contributed by atoms with Crippen molar-refractivity contribution < 1.29 is 13.2 Å². The molecule has 4 heteroatoms. The molecule has 0 saturated carbocycles. The summed E-state index contributed by atoms with van der Waals surface area (Å²) in [4.78, 5) is 2.06. The molecule has 0 bridgehead atoms. The average molecular weight is 259 g/mol. The van der Waals surface area contributed by atoms with E-state index < -0.39 is 11.7 Å². The molecule has 102 valence electrons. The van der Waals surface area contributed by atoms with E-state index >= 15 is 0 Å². The maximum atomic E-state index is 12.5. The van der Waals surface area contributed by atoms with Crippen LogP contribution < -0.4 is 0 Å². The van der Waals surface area contributed by atoms with E-state index in [1.165, 1.54) is 12.1 Å². The van der Waals surface area contributed by atoms with Crippen molar-refractivity contribution in [1.82, 2.24) is 4.90 Å². The van der Waals surface area contributed by atoms with Crippen LogP contribution >= 0.6 is 0 Å². The molecule has 18 heavy (non-hydrogen) atoms. The Morgan fingerprint density at radius 3 is 2.50 bits per heavy atom. The standard InChI is InChI=1S/C14H20F3N/c1-3-4-5-9-18(2)11-12-7-6-8-13(10-12)14(15,16)17/h6-8,10H,3-5,9,11H2,1-2H3. The SMILES string of the molecule is CCCCCN(C)Cc1cccc(C(F)(F)F)c1. The second-order valence-electron chi connectivity index (χ2n) is 4.64. The lowest BCUT2D eigenvalue weighted by Crippen LogP contribution is -2.19. The van der Waals surface area contributed by atoms with Gasteiger partial charge < -0.3 is 4.90 Å². The Morgan fingerprint density at radius 2 is 1.89 bits per heavy atom. The Morgan fingerprint density at radius 1 is 1.17 bits per heavy atom. The van der Waals surface area contributed by atoms with Gasteiger partial charge in [0.2, 0.25) is 0 Å². The summed E-state index contributed by atoms with van der Waals surface area (Å²) in [5, 5.41) is 0. The third-order valence-electron chi connectivity index (χ3n) is 2.85. The van der Waals surface area contributed by atoms with Gasteiger partial charge in [0.25, 0.3) is 0 Å². The highest BCUT2D eigenvalue weighted by molar-refractivity contribution is 5.25. The van der Waals surface area contributed by atoms with Crippen LogP contribution in [-0.2, 0) is 12.7 Å². The number of unbranched alkanes of at least 4 members (excludes halogenated alkanes) is 2. The number of hydrogen-bond donors (Lipinski definition) is 0. The smallest absolute Gasteiger partial charge is 0.302 e. The van der Waals surface area contributed by atoms with Crippen molar-refractivity contribution >= 4 is 0 Å². The highest BCUT2D eigenvalue weighted by Gasteiger charge is 2.30. The van der Waals surface area contributed by atoms with Gasteiger partial charge in [0.05, 0.1) is 5.56 Å². The highest BCUT2D eigenvalue weighted by Crippen LogP contribution is 2.29. The van der Waals surface area contributed by atoms with Gasteiger partial charge in [0.1, 0.15) is 0 Å². The van der Waals surface area contributed by atoms with Crippen LogP contribution in [0.1, 0.15) is 37.3 Å². The summed E-state index contributed by atoms with van der Waals surface area (Å²) in [5.41, 5.74) is 0.144. The molecule has 1 aromatic carbocycles. The zero-order chi connectivity index (χ0) is 13.6. The Balaban J connectivity index is 2.57. The molecule has 0 spiro atoms. The molecule has 0 heterocycles. The van der Waals surface area contributed by atoms with Crippen LogP contribution in [-0.4, -0.2) is 18.5 Å². The molecule has 0 aliphatic rings. The van der Waals surface area contributed by atoms with Crippen molar-refractivity contribution in [2.24, 2.45) is 0 Å². The second kappa shape index (κ2) is 6.78. The summed E-state index contributed by atoms with van der Waals surface area (Å²) >= 11 is 0. The van der Waals surface area contributed by atoms with E-state index in [1.54, 1.807) is 6.07 Å². The van der Waals surface area contributed by atoms with Crippen LogP contribution in [0.5, 0.6) is 0 Å². The van der Waals surface area contributed by atoms with Crippen LogP contribution in [0, 0.1) is 0 Å². The first-order valence-electron chi connectivity index (χ1n) is 6.28. The quantitative estimate of drug-likeness (QED) is 0.687. The van der Waals surface area contributed by atoms with Gasteiger partial charge in [-0.15, -0.1) is 0 Å². The number of benzene rings is 1. The fraction of sp³-hybridized carbons (Fsp3) is 0.571. The minimum absolute atomic E-state index is 0.563. The topological polar surface area (TPSA) is 3.24 Å². The molecule has 0 atom stereocenters. The van der Waals surface area contributed by atoms with Gasteiger partial charge in [-0.25, -0.2) is 0 Å². The van der Waals surface area contributed by atoms with Gasteiger partial charge >= 0.3 is 6.18 Å². The second-order valence-corrected chi connectivity index (χ2v) is 4.64. The minimum atomic E-state index is -4.25. The number of rotatable bonds is 6. The molecule has 0 radical (unpaired) electrons. The Labute approximate surface area is 107 Å². The summed E-state index contributed by atoms with van der Waals surface area (Å²) in [6, 6.07) is 5.56. The molecule has 0 N–H and O–H groups in total. The minimum Gasteiger partial charge on any atom is -0.302 e. The predicted molar refractivity (Wildman–Crippen MR) is 67.3 cm³/mol. The van der Waals surface area contributed by atoms with E-state index in [-0.39, 0.29) is 0 Å². The first-order valence-corrected chi connectivity index (χ1v) is 6.28. The maximum Gasteiger partial charge on any atom is 0.416 e. The Kier molecular flexibility index (Phi) is 5.66. The number of halogens is 3. The Hall–Kier alpha value is -1.03. The fourth-order valence-corrected chi connectivity index (χ4v) is 1.87. The van der Waals surface area contributed by atoms with Gasteiger partial charge in [0, 0.05) is 6.54 Å². The lowest BCUT2D eigenvalue weighted by Gasteiger charge is -2.17. The molecule has 0 aliphatic heterocycles. The van der Waals surface area contributed by atoms with E-state index in [9.17, 15) is 13.2 Å². The zero-order valence-corrected chi connectivity index (χ0v) is 10.9. The van der Waals surface area contributed by atoms with E-state index in [2.05, 4.69) is 11.8 Å². The molecule has 0 aliphatic carbocycles. The van der Waals surface area contributed by atoms with Gasteiger partial charge in [-0.1, -0.05) is 38.0 Å². The van der Waals surface area contributed by atoms with Crippen molar-refractivity contribution in [3.63, 3.8) is 0 Å². The van der Waals surface area contributed by atoms with E-state index in [0.29, 0.717) is 12.1 Å². The average Bonchev–Trinajstić information content (AvgIpc) is 2.28. The van der Waals surface area contributed by atoms with E-state index in [1.807, 2.05) is 7.05 Å². The molecule has 1 nitrogen and oxygen atoms in total. The largest absolute Gasteiger partial charge is 0.416 e.